The molecule has 1 N–H and O–H groups in total. The van der Waals surface area contributed by atoms with Crippen LogP contribution >= 0.6 is 0 Å². The number of nitrogens with one attached hydrogen (secondary N) is 1. The molecule has 18 heavy (non-hydrogen) atoms. The first kappa shape index (κ1) is 13.5. The number of likely N-dealkylation sites (tertiary alicyclic amines) is 1. The standard InChI is InChI=1S/C15H23FN2/c1-11-9-15(7-8-18(11)3)17-12(2)13-5-4-6-14(16)10-13/h4-6,10-12,15,17H,7-9H2,1-3H3/t11?,12-,15?/m1/s1. The molecule has 0 aromatic heterocycles. The zero-order chi connectivity index (χ0) is 13.1. The third-order valence-corrected chi connectivity index (χ3v) is 4.04. The number of hydrogen-bond acceptors (Lipinski definition) is 2. The smallest absolute Gasteiger partial charge is 0.123 e. The van der Waals surface area contributed by atoms with E-state index < -0.39 is 0 Å². The molecule has 3 heteroatoms. The molecule has 2 unspecified atom stereocenters. The van der Waals surface area contributed by atoms with E-state index in [0.29, 0.717) is 12.1 Å². The quantitative estimate of drug-likeness (QED) is 0.887. The van der Waals surface area contributed by atoms with E-state index in [1.165, 1.54) is 12.5 Å². The van der Waals surface area contributed by atoms with Gasteiger partial charge in [-0.1, -0.05) is 12.1 Å². The van der Waals surface area contributed by atoms with Crippen molar-refractivity contribution in [2.75, 3.05) is 13.6 Å². The lowest BCUT2D eigenvalue weighted by molar-refractivity contribution is 0.163. The zero-order valence-electron chi connectivity index (χ0n) is 11.5. The van der Waals surface area contributed by atoms with Crippen molar-refractivity contribution in [3.8, 4) is 0 Å². The molecule has 0 spiro atoms. The lowest BCUT2D eigenvalue weighted by Crippen LogP contribution is -2.46. The Morgan fingerprint density at radius 3 is 2.89 bits per heavy atom. The molecular formula is C15H23FN2. The van der Waals surface area contributed by atoms with Crippen molar-refractivity contribution >= 4 is 0 Å². The Hall–Kier alpha value is -0.930. The van der Waals surface area contributed by atoms with E-state index >= 15 is 0 Å². The summed E-state index contributed by atoms with van der Waals surface area (Å²) in [6.07, 6.45) is 2.33. The van der Waals surface area contributed by atoms with Crippen molar-refractivity contribution in [3.63, 3.8) is 0 Å². The van der Waals surface area contributed by atoms with E-state index in [1.807, 2.05) is 6.07 Å². The highest BCUT2D eigenvalue weighted by Gasteiger charge is 2.23. The van der Waals surface area contributed by atoms with Crippen molar-refractivity contribution in [1.29, 1.82) is 0 Å². The van der Waals surface area contributed by atoms with Crippen LogP contribution in [0, 0.1) is 5.82 Å². The first-order chi connectivity index (χ1) is 8.56. The number of rotatable bonds is 3. The second-order valence-corrected chi connectivity index (χ2v) is 5.49. The van der Waals surface area contributed by atoms with Crippen LogP contribution in [0.15, 0.2) is 24.3 Å². The molecule has 1 aliphatic heterocycles. The molecule has 0 radical (unpaired) electrons. The molecule has 1 aliphatic rings. The Kier molecular flexibility index (Phi) is 4.36. The summed E-state index contributed by atoms with van der Waals surface area (Å²) in [7, 11) is 2.18. The fourth-order valence-electron chi connectivity index (χ4n) is 2.67. The van der Waals surface area contributed by atoms with E-state index in [2.05, 4.69) is 31.1 Å². The second-order valence-electron chi connectivity index (χ2n) is 5.49. The van der Waals surface area contributed by atoms with Crippen molar-refractivity contribution in [1.82, 2.24) is 10.2 Å². The van der Waals surface area contributed by atoms with Gasteiger partial charge in [-0.05, 0) is 58.0 Å². The Morgan fingerprint density at radius 1 is 1.44 bits per heavy atom. The van der Waals surface area contributed by atoms with Gasteiger partial charge in [0.2, 0.25) is 0 Å². The molecule has 1 heterocycles. The Labute approximate surface area is 109 Å². The normalized spacial score (nSPS) is 27.1. The molecule has 2 rings (SSSR count). The molecule has 100 valence electrons. The molecule has 0 bridgehead atoms. The van der Waals surface area contributed by atoms with Gasteiger partial charge in [0.05, 0.1) is 0 Å². The minimum atomic E-state index is -0.155. The number of hydrogen-bond donors (Lipinski definition) is 1. The van der Waals surface area contributed by atoms with Gasteiger partial charge in [-0.2, -0.15) is 0 Å². The van der Waals surface area contributed by atoms with Gasteiger partial charge in [0.1, 0.15) is 5.82 Å². The second kappa shape index (κ2) is 5.81. The van der Waals surface area contributed by atoms with Gasteiger partial charge in [0, 0.05) is 18.1 Å². The lowest BCUT2D eigenvalue weighted by Gasteiger charge is -2.36. The first-order valence-electron chi connectivity index (χ1n) is 6.78. The van der Waals surface area contributed by atoms with E-state index in [4.69, 9.17) is 0 Å². The summed E-state index contributed by atoms with van der Waals surface area (Å²) in [5.74, 6) is -0.155. The Morgan fingerprint density at radius 2 is 2.22 bits per heavy atom. The van der Waals surface area contributed by atoms with E-state index in [1.54, 1.807) is 12.1 Å². The van der Waals surface area contributed by atoms with Crippen LogP contribution in [0.3, 0.4) is 0 Å². The predicted octanol–water partition coefficient (Wildman–Crippen LogP) is 2.96. The zero-order valence-corrected chi connectivity index (χ0v) is 11.5. The largest absolute Gasteiger partial charge is 0.307 e. The number of nitrogens with zero attached hydrogens (tertiary/aromatic N) is 1. The summed E-state index contributed by atoms with van der Waals surface area (Å²) >= 11 is 0. The molecule has 0 amide bonds. The predicted molar refractivity (Wildman–Crippen MR) is 73.1 cm³/mol. The van der Waals surface area contributed by atoms with Gasteiger partial charge in [-0.3, -0.25) is 0 Å². The Bertz CT molecular complexity index is 394. The van der Waals surface area contributed by atoms with Gasteiger partial charge >= 0.3 is 0 Å². The molecule has 1 aromatic carbocycles. The van der Waals surface area contributed by atoms with Crippen LogP contribution in [0.5, 0.6) is 0 Å². The topological polar surface area (TPSA) is 15.3 Å². The molecular weight excluding hydrogens is 227 g/mol. The summed E-state index contributed by atoms with van der Waals surface area (Å²) in [5.41, 5.74) is 1.03. The fraction of sp³-hybridized carbons (Fsp3) is 0.600. The van der Waals surface area contributed by atoms with E-state index in [9.17, 15) is 4.39 Å². The average molecular weight is 250 g/mol. The molecule has 1 fully saturated rings. The maximum absolute atomic E-state index is 13.2. The molecule has 1 aromatic rings. The molecule has 2 nitrogen and oxygen atoms in total. The van der Waals surface area contributed by atoms with Crippen LogP contribution in [-0.4, -0.2) is 30.6 Å². The van der Waals surface area contributed by atoms with Gasteiger partial charge in [-0.15, -0.1) is 0 Å². The van der Waals surface area contributed by atoms with Gasteiger partial charge < -0.3 is 10.2 Å². The van der Waals surface area contributed by atoms with Crippen molar-refractivity contribution < 1.29 is 4.39 Å². The first-order valence-corrected chi connectivity index (χ1v) is 6.78. The van der Waals surface area contributed by atoms with Crippen LogP contribution in [0.25, 0.3) is 0 Å². The number of piperidine rings is 1. The molecule has 3 atom stereocenters. The highest BCUT2D eigenvalue weighted by Crippen LogP contribution is 2.20. The monoisotopic (exact) mass is 250 g/mol. The molecule has 1 saturated heterocycles. The van der Waals surface area contributed by atoms with Crippen LogP contribution in [0.4, 0.5) is 4.39 Å². The summed E-state index contributed by atoms with van der Waals surface area (Å²) in [6, 6.07) is 8.25. The van der Waals surface area contributed by atoms with Gasteiger partial charge in [0.15, 0.2) is 0 Å². The van der Waals surface area contributed by atoms with Crippen LogP contribution in [0.2, 0.25) is 0 Å². The van der Waals surface area contributed by atoms with Crippen molar-refractivity contribution in [2.24, 2.45) is 0 Å². The van der Waals surface area contributed by atoms with Crippen LogP contribution in [-0.2, 0) is 0 Å². The minimum Gasteiger partial charge on any atom is -0.307 e. The summed E-state index contributed by atoms with van der Waals surface area (Å²) < 4.78 is 13.2. The SMILES string of the molecule is CC1CC(N[C@H](C)c2cccc(F)c2)CCN1C. The summed E-state index contributed by atoms with van der Waals surface area (Å²) in [6.45, 7) is 5.51. The average Bonchev–Trinajstić information content (AvgIpc) is 2.34. The van der Waals surface area contributed by atoms with Crippen LogP contribution in [0.1, 0.15) is 38.3 Å². The third-order valence-electron chi connectivity index (χ3n) is 4.04. The highest BCUT2D eigenvalue weighted by molar-refractivity contribution is 5.19. The maximum Gasteiger partial charge on any atom is 0.123 e. The third kappa shape index (κ3) is 3.30. The van der Waals surface area contributed by atoms with E-state index in [0.717, 1.165) is 18.5 Å². The fourth-order valence-corrected chi connectivity index (χ4v) is 2.67. The maximum atomic E-state index is 13.2. The van der Waals surface area contributed by atoms with Crippen LogP contribution < -0.4 is 5.32 Å². The van der Waals surface area contributed by atoms with E-state index in [-0.39, 0.29) is 11.9 Å². The number of benzene rings is 1. The molecule has 0 saturated carbocycles. The van der Waals surface area contributed by atoms with Gasteiger partial charge in [-0.25, -0.2) is 4.39 Å². The Balaban J connectivity index is 1.93. The molecule has 0 aliphatic carbocycles. The van der Waals surface area contributed by atoms with Crippen molar-refractivity contribution in [2.45, 2.75) is 44.8 Å². The minimum absolute atomic E-state index is 0.155. The lowest BCUT2D eigenvalue weighted by atomic mass is 9.97. The highest BCUT2D eigenvalue weighted by atomic mass is 19.1. The summed E-state index contributed by atoms with van der Waals surface area (Å²) in [5, 5.41) is 3.62. The number of halogens is 1. The van der Waals surface area contributed by atoms with Gasteiger partial charge in [0.25, 0.3) is 0 Å². The summed E-state index contributed by atoms with van der Waals surface area (Å²) in [4.78, 5) is 2.39. The van der Waals surface area contributed by atoms with Crippen molar-refractivity contribution in [3.05, 3.63) is 35.6 Å².